The molecule has 0 aliphatic carbocycles. The van der Waals surface area contributed by atoms with Gasteiger partial charge in [-0.2, -0.15) is 0 Å². The number of amides is 1. The Balaban J connectivity index is 1.90. The number of unbranched alkanes of at least 4 members (excludes halogenated alkanes) is 2. The molecule has 1 aromatic carbocycles. The quantitative estimate of drug-likeness (QED) is 0.680. The molecule has 2 aromatic rings. The fourth-order valence-electron chi connectivity index (χ4n) is 2.21. The monoisotopic (exact) mass is 302 g/mol. The van der Waals surface area contributed by atoms with Gasteiger partial charge in [0, 0.05) is 18.4 Å². The summed E-state index contributed by atoms with van der Waals surface area (Å²) in [5.41, 5.74) is -0.0565. The minimum absolute atomic E-state index is 0.145. The number of aromatic nitrogens is 1. The van der Waals surface area contributed by atoms with Crippen LogP contribution in [-0.4, -0.2) is 28.5 Å². The topological polar surface area (TPSA) is 99.3 Å². The number of carbonyl (C=O) groups is 2. The third kappa shape index (κ3) is 4.18. The molecule has 0 unspecified atom stereocenters. The molecular formula is C16H18N2O4. The minimum Gasteiger partial charge on any atom is -0.481 e. The summed E-state index contributed by atoms with van der Waals surface area (Å²) in [6.45, 7) is 0.452. The maximum Gasteiger partial charge on any atom is 0.303 e. The van der Waals surface area contributed by atoms with Gasteiger partial charge in [0.25, 0.3) is 11.5 Å². The van der Waals surface area contributed by atoms with Gasteiger partial charge in [0.1, 0.15) is 5.69 Å². The summed E-state index contributed by atoms with van der Waals surface area (Å²) < 4.78 is 0. The van der Waals surface area contributed by atoms with Gasteiger partial charge < -0.3 is 15.4 Å². The van der Waals surface area contributed by atoms with Gasteiger partial charge >= 0.3 is 5.97 Å². The van der Waals surface area contributed by atoms with Crippen molar-refractivity contribution in [1.82, 2.24) is 10.3 Å². The van der Waals surface area contributed by atoms with Crippen molar-refractivity contribution in [2.45, 2.75) is 25.7 Å². The number of aromatic amines is 1. The van der Waals surface area contributed by atoms with Gasteiger partial charge in [0.2, 0.25) is 0 Å². The normalized spacial score (nSPS) is 10.5. The standard InChI is InChI=1S/C16H18N2O4/c19-14(20)8-2-1-5-9-17-16(22)13-10-11-6-3-4-7-12(11)15(21)18-13/h3-4,6-7,10H,1-2,5,8-9H2,(H,17,22)(H,18,21)(H,19,20). The molecule has 0 saturated carbocycles. The summed E-state index contributed by atoms with van der Waals surface area (Å²) in [7, 11) is 0. The van der Waals surface area contributed by atoms with Gasteiger partial charge in [-0.15, -0.1) is 0 Å². The SMILES string of the molecule is O=C(O)CCCCCNC(=O)c1cc2ccccc2c(=O)[nH]1. The van der Waals surface area contributed by atoms with Crippen molar-refractivity contribution in [3.63, 3.8) is 0 Å². The van der Waals surface area contributed by atoms with E-state index in [1.807, 2.05) is 6.07 Å². The first-order valence-electron chi connectivity index (χ1n) is 7.20. The number of benzene rings is 1. The van der Waals surface area contributed by atoms with Crippen LogP contribution in [0.1, 0.15) is 36.2 Å². The maximum atomic E-state index is 12.0. The molecule has 116 valence electrons. The molecule has 6 nitrogen and oxygen atoms in total. The van der Waals surface area contributed by atoms with E-state index >= 15 is 0 Å². The van der Waals surface area contributed by atoms with Crippen LogP contribution in [0.3, 0.4) is 0 Å². The van der Waals surface area contributed by atoms with Gasteiger partial charge in [-0.25, -0.2) is 0 Å². The van der Waals surface area contributed by atoms with Crippen LogP contribution in [-0.2, 0) is 4.79 Å². The van der Waals surface area contributed by atoms with Crippen molar-refractivity contribution in [1.29, 1.82) is 0 Å². The van der Waals surface area contributed by atoms with Crippen LogP contribution < -0.4 is 10.9 Å². The number of pyridine rings is 1. The number of nitrogens with one attached hydrogen (secondary N) is 2. The lowest BCUT2D eigenvalue weighted by atomic mass is 10.1. The lowest BCUT2D eigenvalue weighted by Gasteiger charge is -2.06. The molecule has 0 fully saturated rings. The van der Waals surface area contributed by atoms with E-state index in [1.54, 1.807) is 24.3 Å². The molecule has 0 bridgehead atoms. The third-order valence-electron chi connectivity index (χ3n) is 3.35. The minimum atomic E-state index is -0.808. The molecular weight excluding hydrogens is 284 g/mol. The number of carbonyl (C=O) groups excluding carboxylic acids is 1. The van der Waals surface area contributed by atoms with Crippen LogP contribution in [0, 0.1) is 0 Å². The number of rotatable bonds is 7. The molecule has 0 spiro atoms. The highest BCUT2D eigenvalue weighted by Crippen LogP contribution is 2.09. The average molecular weight is 302 g/mol. The van der Waals surface area contributed by atoms with E-state index in [0.29, 0.717) is 24.8 Å². The second-order valence-corrected chi connectivity index (χ2v) is 5.06. The Morgan fingerprint density at radius 1 is 1.14 bits per heavy atom. The highest BCUT2D eigenvalue weighted by Gasteiger charge is 2.08. The summed E-state index contributed by atoms with van der Waals surface area (Å²) in [5, 5.41) is 12.5. The van der Waals surface area contributed by atoms with Crippen molar-refractivity contribution in [3.8, 4) is 0 Å². The molecule has 1 heterocycles. The molecule has 0 saturated heterocycles. The van der Waals surface area contributed by atoms with E-state index in [1.165, 1.54) is 0 Å². The highest BCUT2D eigenvalue weighted by molar-refractivity contribution is 5.96. The number of fused-ring (bicyclic) bond motifs is 1. The maximum absolute atomic E-state index is 12.0. The van der Waals surface area contributed by atoms with Crippen LogP contribution >= 0.6 is 0 Å². The first-order chi connectivity index (χ1) is 10.6. The number of H-pyrrole nitrogens is 1. The fraction of sp³-hybridized carbons (Fsp3) is 0.312. The molecule has 6 heteroatoms. The Bertz CT molecular complexity index is 736. The smallest absolute Gasteiger partial charge is 0.303 e. The fourth-order valence-corrected chi connectivity index (χ4v) is 2.21. The zero-order chi connectivity index (χ0) is 15.9. The van der Waals surface area contributed by atoms with Gasteiger partial charge in [0.15, 0.2) is 0 Å². The summed E-state index contributed by atoms with van der Waals surface area (Å²) >= 11 is 0. The van der Waals surface area contributed by atoms with Gasteiger partial charge in [-0.05, 0) is 30.4 Å². The molecule has 1 aromatic heterocycles. The molecule has 22 heavy (non-hydrogen) atoms. The summed E-state index contributed by atoms with van der Waals surface area (Å²) in [6.07, 6.45) is 2.18. The van der Waals surface area contributed by atoms with E-state index in [-0.39, 0.29) is 23.6 Å². The van der Waals surface area contributed by atoms with Crippen molar-refractivity contribution >= 4 is 22.6 Å². The third-order valence-corrected chi connectivity index (χ3v) is 3.35. The largest absolute Gasteiger partial charge is 0.481 e. The molecule has 1 amide bonds. The van der Waals surface area contributed by atoms with Crippen molar-refractivity contribution in [2.24, 2.45) is 0 Å². The van der Waals surface area contributed by atoms with Crippen LogP contribution in [0.5, 0.6) is 0 Å². The molecule has 2 rings (SSSR count). The number of carboxylic acid groups (broad SMARTS) is 1. The van der Waals surface area contributed by atoms with Crippen LogP contribution in [0.4, 0.5) is 0 Å². The second kappa shape index (κ2) is 7.40. The van der Waals surface area contributed by atoms with Gasteiger partial charge in [-0.3, -0.25) is 14.4 Å². The predicted octanol–water partition coefficient (Wildman–Crippen LogP) is 1.90. The predicted molar refractivity (Wildman–Crippen MR) is 83.0 cm³/mol. The Morgan fingerprint density at radius 2 is 1.91 bits per heavy atom. The van der Waals surface area contributed by atoms with E-state index in [9.17, 15) is 14.4 Å². The van der Waals surface area contributed by atoms with Crippen LogP contribution in [0.25, 0.3) is 10.8 Å². The molecule has 0 radical (unpaired) electrons. The van der Waals surface area contributed by atoms with Crippen molar-refractivity contribution in [2.75, 3.05) is 6.54 Å². The summed E-state index contributed by atoms with van der Waals surface area (Å²) in [6, 6.07) is 8.72. The Morgan fingerprint density at radius 3 is 2.68 bits per heavy atom. The van der Waals surface area contributed by atoms with Crippen molar-refractivity contribution in [3.05, 3.63) is 46.4 Å². The Kier molecular flexibility index (Phi) is 5.30. The number of hydrogen-bond donors (Lipinski definition) is 3. The van der Waals surface area contributed by atoms with Crippen LogP contribution in [0.2, 0.25) is 0 Å². The first kappa shape index (κ1) is 15.8. The summed E-state index contributed by atoms with van der Waals surface area (Å²) in [4.78, 5) is 36.8. The van der Waals surface area contributed by atoms with E-state index in [4.69, 9.17) is 5.11 Å². The Hall–Kier alpha value is -2.63. The average Bonchev–Trinajstić information content (AvgIpc) is 2.50. The van der Waals surface area contributed by atoms with E-state index in [2.05, 4.69) is 10.3 Å². The van der Waals surface area contributed by atoms with Gasteiger partial charge in [-0.1, -0.05) is 24.6 Å². The summed E-state index contributed by atoms with van der Waals surface area (Å²) in [5.74, 6) is -1.14. The second-order valence-electron chi connectivity index (χ2n) is 5.06. The molecule has 0 atom stereocenters. The highest BCUT2D eigenvalue weighted by atomic mass is 16.4. The molecule has 0 aliphatic rings. The lowest BCUT2D eigenvalue weighted by Crippen LogP contribution is -2.27. The van der Waals surface area contributed by atoms with Gasteiger partial charge in [0.05, 0.1) is 0 Å². The molecule has 0 aliphatic heterocycles. The first-order valence-corrected chi connectivity index (χ1v) is 7.20. The van der Waals surface area contributed by atoms with E-state index in [0.717, 1.165) is 11.8 Å². The Labute approximate surface area is 127 Å². The zero-order valence-electron chi connectivity index (χ0n) is 12.1. The lowest BCUT2D eigenvalue weighted by molar-refractivity contribution is -0.137. The van der Waals surface area contributed by atoms with Crippen molar-refractivity contribution < 1.29 is 14.7 Å². The molecule has 3 N–H and O–H groups in total. The number of hydrogen-bond acceptors (Lipinski definition) is 3. The zero-order valence-corrected chi connectivity index (χ0v) is 12.1. The van der Waals surface area contributed by atoms with E-state index < -0.39 is 5.97 Å². The number of carboxylic acids is 1. The number of aliphatic carboxylic acids is 1. The van der Waals surface area contributed by atoms with Crippen LogP contribution in [0.15, 0.2) is 35.1 Å².